The Bertz CT molecular complexity index is 2990. The number of aromatic nitrogens is 3. The van der Waals surface area contributed by atoms with Crippen molar-refractivity contribution in [2.24, 2.45) is 0 Å². The van der Waals surface area contributed by atoms with Gasteiger partial charge in [0, 0.05) is 47.4 Å². The predicted octanol–water partition coefficient (Wildman–Crippen LogP) is 12.0. The fourth-order valence-corrected chi connectivity index (χ4v) is 9.93. The molecule has 5 heteroatoms. The molecule has 0 unspecified atom stereocenters. The summed E-state index contributed by atoms with van der Waals surface area (Å²) in [6.07, 6.45) is 0. The van der Waals surface area contributed by atoms with Crippen LogP contribution in [0.25, 0.3) is 95.6 Å². The zero-order valence-electron chi connectivity index (χ0n) is 24.4. The van der Waals surface area contributed by atoms with Gasteiger partial charge in [0.05, 0.1) is 32.3 Å². The van der Waals surface area contributed by atoms with Crippen LogP contribution in [0.5, 0.6) is 0 Å². The van der Waals surface area contributed by atoms with E-state index < -0.39 is 0 Å². The third-order valence-electron chi connectivity index (χ3n) is 9.55. The van der Waals surface area contributed by atoms with E-state index in [0.717, 1.165) is 21.9 Å². The van der Waals surface area contributed by atoms with Crippen molar-refractivity contribution in [1.82, 2.24) is 14.1 Å². The quantitative estimate of drug-likeness (QED) is 0.188. The van der Waals surface area contributed by atoms with Gasteiger partial charge in [-0.3, -0.25) is 4.57 Å². The summed E-state index contributed by atoms with van der Waals surface area (Å²) in [4.78, 5) is 5.34. The molecular weight excluding hydrogens is 599 g/mol. The minimum absolute atomic E-state index is 0.993. The molecule has 0 amide bonds. The first-order valence-electron chi connectivity index (χ1n) is 15.5. The number of benzene rings is 7. The first-order valence-corrected chi connectivity index (χ1v) is 17.1. The molecule has 214 valence electrons. The molecule has 0 saturated heterocycles. The standard InChI is InChI=1S/C41H23N3S2/c1-2-10-26-24(9-1)17-21-34-38(26)29-19-18-25(43-32-14-6-3-11-27(32)28-12-4-7-15-33(28)43)23-35(29)44(34)41-42-31-20-22-37-39(40(31)46-41)30-13-5-8-16-36(30)45-37/h1-23H. The molecule has 0 aliphatic heterocycles. The van der Waals surface area contributed by atoms with E-state index in [-0.39, 0.29) is 0 Å². The highest BCUT2D eigenvalue weighted by Crippen LogP contribution is 2.44. The highest BCUT2D eigenvalue weighted by atomic mass is 32.1. The van der Waals surface area contributed by atoms with E-state index in [1.54, 1.807) is 11.3 Å². The lowest BCUT2D eigenvalue weighted by Crippen LogP contribution is -1.96. The van der Waals surface area contributed by atoms with Gasteiger partial charge in [-0.1, -0.05) is 102 Å². The van der Waals surface area contributed by atoms with Crippen LogP contribution in [-0.4, -0.2) is 14.1 Å². The third kappa shape index (κ3) is 3.23. The van der Waals surface area contributed by atoms with Gasteiger partial charge < -0.3 is 4.57 Å². The van der Waals surface area contributed by atoms with Gasteiger partial charge in [0.25, 0.3) is 0 Å². The summed E-state index contributed by atoms with van der Waals surface area (Å²) >= 11 is 3.66. The van der Waals surface area contributed by atoms with E-state index in [2.05, 4.69) is 149 Å². The van der Waals surface area contributed by atoms with E-state index in [0.29, 0.717) is 0 Å². The molecule has 0 bridgehead atoms. The highest BCUT2D eigenvalue weighted by molar-refractivity contribution is 7.28. The SMILES string of the molecule is c1ccc2c(c1)ccc1c2c2ccc(-n3c4ccccc4c4ccccc43)cc2n1-c1nc2ccc3sc4ccccc4c3c2s1. The van der Waals surface area contributed by atoms with Crippen molar-refractivity contribution in [3.8, 4) is 10.8 Å². The normalized spacial score (nSPS) is 12.3. The maximum atomic E-state index is 5.34. The third-order valence-corrected chi connectivity index (χ3v) is 11.8. The molecule has 0 aliphatic carbocycles. The second-order valence-corrected chi connectivity index (χ2v) is 14.0. The fourth-order valence-electron chi connectivity index (χ4n) is 7.60. The fraction of sp³-hybridized carbons (Fsp3) is 0. The molecule has 7 aromatic carbocycles. The van der Waals surface area contributed by atoms with E-state index >= 15 is 0 Å². The van der Waals surface area contributed by atoms with Gasteiger partial charge in [0.15, 0.2) is 5.13 Å². The van der Waals surface area contributed by atoms with E-state index in [1.807, 2.05) is 11.3 Å². The molecule has 11 rings (SSSR count). The Balaban J connectivity index is 1.27. The van der Waals surface area contributed by atoms with Crippen LogP contribution < -0.4 is 0 Å². The highest BCUT2D eigenvalue weighted by Gasteiger charge is 2.21. The van der Waals surface area contributed by atoms with Crippen molar-refractivity contribution in [3.63, 3.8) is 0 Å². The molecule has 0 radical (unpaired) electrons. The first-order chi connectivity index (χ1) is 22.8. The maximum absolute atomic E-state index is 5.34. The molecule has 0 atom stereocenters. The van der Waals surface area contributed by atoms with E-state index in [9.17, 15) is 0 Å². The molecule has 0 spiro atoms. The molecule has 3 nitrogen and oxygen atoms in total. The average Bonchev–Trinajstić information content (AvgIpc) is 3.86. The molecule has 0 aliphatic rings. The van der Waals surface area contributed by atoms with Gasteiger partial charge in [-0.05, 0) is 59.3 Å². The van der Waals surface area contributed by atoms with Crippen molar-refractivity contribution in [1.29, 1.82) is 0 Å². The van der Waals surface area contributed by atoms with Crippen molar-refractivity contribution in [3.05, 3.63) is 140 Å². The zero-order chi connectivity index (χ0) is 29.9. The minimum Gasteiger partial charge on any atom is -0.309 e. The van der Waals surface area contributed by atoms with Gasteiger partial charge in [-0.2, -0.15) is 0 Å². The number of nitrogens with zero attached hydrogens (tertiary/aromatic N) is 3. The number of thiazole rings is 1. The minimum atomic E-state index is 0.993. The summed E-state index contributed by atoms with van der Waals surface area (Å²) < 4.78 is 8.69. The lowest BCUT2D eigenvalue weighted by molar-refractivity contribution is 1.14. The van der Waals surface area contributed by atoms with Crippen LogP contribution in [0.2, 0.25) is 0 Å². The number of rotatable bonds is 2. The zero-order valence-corrected chi connectivity index (χ0v) is 26.1. The number of hydrogen-bond acceptors (Lipinski definition) is 3. The molecule has 0 saturated carbocycles. The summed E-state index contributed by atoms with van der Waals surface area (Å²) in [6.45, 7) is 0. The topological polar surface area (TPSA) is 22.8 Å². The van der Waals surface area contributed by atoms with Crippen LogP contribution in [0.3, 0.4) is 0 Å². The Morgan fingerprint density at radius 1 is 0.435 bits per heavy atom. The van der Waals surface area contributed by atoms with Gasteiger partial charge in [0.2, 0.25) is 0 Å². The van der Waals surface area contributed by atoms with Gasteiger partial charge in [-0.25, -0.2) is 4.98 Å². The Morgan fingerprint density at radius 3 is 1.98 bits per heavy atom. The van der Waals surface area contributed by atoms with Crippen LogP contribution in [0.4, 0.5) is 0 Å². The van der Waals surface area contributed by atoms with Crippen LogP contribution in [0.15, 0.2) is 140 Å². The van der Waals surface area contributed by atoms with Crippen molar-refractivity contribution in [2.45, 2.75) is 0 Å². The maximum Gasteiger partial charge on any atom is 0.195 e. The lowest BCUT2D eigenvalue weighted by Gasteiger charge is -2.09. The van der Waals surface area contributed by atoms with Gasteiger partial charge in [-0.15, -0.1) is 11.3 Å². The van der Waals surface area contributed by atoms with Crippen LogP contribution in [0.1, 0.15) is 0 Å². The summed E-state index contributed by atoms with van der Waals surface area (Å²) in [5.41, 5.74) is 6.96. The second-order valence-electron chi connectivity index (χ2n) is 12.0. The molecule has 11 aromatic rings. The number of para-hydroxylation sites is 2. The Hall–Kier alpha value is -5.49. The monoisotopic (exact) mass is 621 g/mol. The molecule has 0 N–H and O–H groups in total. The number of thiophene rings is 1. The van der Waals surface area contributed by atoms with Gasteiger partial charge in [0.1, 0.15) is 0 Å². The Morgan fingerprint density at radius 2 is 1.15 bits per heavy atom. The largest absolute Gasteiger partial charge is 0.309 e. The van der Waals surface area contributed by atoms with Crippen LogP contribution in [0, 0.1) is 0 Å². The second kappa shape index (κ2) is 9.04. The van der Waals surface area contributed by atoms with Gasteiger partial charge >= 0.3 is 0 Å². The summed E-state index contributed by atoms with van der Waals surface area (Å²) in [7, 11) is 0. The van der Waals surface area contributed by atoms with Crippen LogP contribution in [-0.2, 0) is 0 Å². The summed E-state index contributed by atoms with van der Waals surface area (Å²) in [6, 6.07) is 50.8. The van der Waals surface area contributed by atoms with Crippen LogP contribution >= 0.6 is 22.7 Å². The van der Waals surface area contributed by atoms with Crippen molar-refractivity contribution < 1.29 is 0 Å². The lowest BCUT2D eigenvalue weighted by atomic mass is 10.0. The number of fused-ring (bicyclic) bond motifs is 13. The van der Waals surface area contributed by atoms with E-state index in [4.69, 9.17) is 4.98 Å². The first kappa shape index (κ1) is 24.8. The summed E-state index contributed by atoms with van der Waals surface area (Å²) in [5.74, 6) is 0. The predicted molar refractivity (Wildman–Crippen MR) is 199 cm³/mol. The average molecular weight is 622 g/mol. The Kier molecular flexibility index (Phi) is 4.87. The molecule has 46 heavy (non-hydrogen) atoms. The van der Waals surface area contributed by atoms with Crippen molar-refractivity contribution in [2.75, 3.05) is 0 Å². The molecule has 4 heterocycles. The molecule has 0 fully saturated rings. The van der Waals surface area contributed by atoms with E-state index in [1.165, 1.54) is 73.7 Å². The smallest absolute Gasteiger partial charge is 0.195 e. The Labute approximate surface area is 270 Å². The number of hydrogen-bond donors (Lipinski definition) is 0. The summed E-state index contributed by atoms with van der Waals surface area (Å²) in [5, 5.41) is 11.2. The molecule has 4 aromatic heterocycles. The van der Waals surface area contributed by atoms with Crippen molar-refractivity contribution >= 4 is 107 Å². The molecular formula is C41H23N3S2.